The van der Waals surface area contributed by atoms with Gasteiger partial charge in [0.05, 0.1) is 22.7 Å². The number of aromatic nitrogens is 6. The van der Waals surface area contributed by atoms with E-state index in [9.17, 15) is 4.39 Å². The van der Waals surface area contributed by atoms with Crippen molar-refractivity contribution < 1.29 is 4.39 Å². The van der Waals surface area contributed by atoms with E-state index in [1.165, 1.54) is 12.1 Å². The van der Waals surface area contributed by atoms with Gasteiger partial charge in [-0.3, -0.25) is 15.1 Å². The van der Waals surface area contributed by atoms with Crippen molar-refractivity contribution in [3.05, 3.63) is 85.2 Å². The molecule has 31 heavy (non-hydrogen) atoms. The number of fused-ring (bicyclic) bond motifs is 2. The Balaban J connectivity index is 1.51. The van der Waals surface area contributed by atoms with E-state index in [4.69, 9.17) is 4.98 Å². The molecule has 0 saturated heterocycles. The van der Waals surface area contributed by atoms with Gasteiger partial charge in [-0.1, -0.05) is 24.3 Å². The normalized spacial score (nSPS) is 11.4. The van der Waals surface area contributed by atoms with Crippen LogP contribution in [0.4, 0.5) is 4.39 Å². The first kappa shape index (κ1) is 17.5. The summed E-state index contributed by atoms with van der Waals surface area (Å²) in [6.45, 7) is 0. The van der Waals surface area contributed by atoms with E-state index in [2.05, 4.69) is 31.2 Å². The van der Waals surface area contributed by atoms with E-state index in [0.717, 1.165) is 49.9 Å². The highest BCUT2D eigenvalue weighted by Gasteiger charge is 2.16. The summed E-state index contributed by atoms with van der Waals surface area (Å²) < 4.78 is 13.4. The van der Waals surface area contributed by atoms with Gasteiger partial charge in [-0.05, 0) is 41.5 Å². The molecule has 4 heterocycles. The third kappa shape index (κ3) is 2.95. The summed E-state index contributed by atoms with van der Waals surface area (Å²) in [4.78, 5) is 16.7. The molecule has 0 atom stereocenters. The van der Waals surface area contributed by atoms with E-state index in [0.29, 0.717) is 5.82 Å². The zero-order chi connectivity index (χ0) is 20.8. The molecule has 0 aliphatic heterocycles. The van der Waals surface area contributed by atoms with Crippen LogP contribution >= 0.6 is 0 Å². The van der Waals surface area contributed by atoms with Gasteiger partial charge in [-0.25, -0.2) is 9.37 Å². The summed E-state index contributed by atoms with van der Waals surface area (Å²) >= 11 is 0. The van der Waals surface area contributed by atoms with Crippen LogP contribution in [-0.4, -0.2) is 30.1 Å². The van der Waals surface area contributed by atoms with Gasteiger partial charge in [0.1, 0.15) is 11.5 Å². The molecule has 2 N–H and O–H groups in total. The van der Waals surface area contributed by atoms with Gasteiger partial charge in [0.25, 0.3) is 0 Å². The van der Waals surface area contributed by atoms with Crippen LogP contribution in [0.5, 0.6) is 0 Å². The second kappa shape index (κ2) is 6.84. The van der Waals surface area contributed by atoms with Crippen molar-refractivity contribution in [3.8, 4) is 33.8 Å². The highest BCUT2D eigenvalue weighted by atomic mass is 19.1. The summed E-state index contributed by atoms with van der Waals surface area (Å²) in [5.74, 6) is 0.361. The number of rotatable bonds is 3. The quantitative estimate of drug-likeness (QED) is 0.414. The minimum atomic E-state index is -0.279. The van der Waals surface area contributed by atoms with Crippen molar-refractivity contribution >= 4 is 21.9 Å². The SMILES string of the molecule is Fc1ccc(-c2cncc3[nH]c(-c4n[nH]c5ccc(-c6cccnc6)cc45)nc23)cc1. The molecule has 148 valence electrons. The predicted octanol–water partition coefficient (Wildman–Crippen LogP) is 5.37. The molecule has 4 aromatic heterocycles. The number of nitrogens with zero attached hydrogens (tertiary/aromatic N) is 4. The number of hydrogen-bond acceptors (Lipinski definition) is 4. The third-order valence-corrected chi connectivity index (χ3v) is 5.33. The number of benzene rings is 2. The molecule has 7 heteroatoms. The predicted molar refractivity (Wildman–Crippen MR) is 118 cm³/mol. The van der Waals surface area contributed by atoms with E-state index < -0.39 is 0 Å². The van der Waals surface area contributed by atoms with Crippen LogP contribution in [0, 0.1) is 5.82 Å². The zero-order valence-corrected chi connectivity index (χ0v) is 16.2. The highest BCUT2D eigenvalue weighted by Crippen LogP contribution is 2.32. The van der Waals surface area contributed by atoms with Crippen molar-refractivity contribution in [2.24, 2.45) is 0 Å². The zero-order valence-electron chi connectivity index (χ0n) is 16.2. The monoisotopic (exact) mass is 406 g/mol. The fourth-order valence-corrected chi connectivity index (χ4v) is 3.79. The second-order valence-electron chi connectivity index (χ2n) is 7.25. The Kier molecular flexibility index (Phi) is 3.86. The molecule has 0 unspecified atom stereocenters. The largest absolute Gasteiger partial charge is 0.335 e. The Morgan fingerprint density at radius 2 is 1.65 bits per heavy atom. The first-order chi connectivity index (χ1) is 15.3. The summed E-state index contributed by atoms with van der Waals surface area (Å²) in [7, 11) is 0. The van der Waals surface area contributed by atoms with Crippen LogP contribution in [0.1, 0.15) is 0 Å². The topological polar surface area (TPSA) is 83.1 Å². The highest BCUT2D eigenvalue weighted by molar-refractivity contribution is 5.98. The standard InChI is InChI=1S/C24H15FN6/c25-17-6-3-14(4-7-17)19-12-27-13-21-22(19)29-24(28-21)23-18-10-15(5-8-20(18)30-31-23)16-2-1-9-26-11-16/h1-13H,(H,28,29)(H,30,31). The second-order valence-corrected chi connectivity index (χ2v) is 7.25. The summed E-state index contributed by atoms with van der Waals surface area (Å²) in [6, 6.07) is 16.4. The fourth-order valence-electron chi connectivity index (χ4n) is 3.79. The molecule has 0 saturated carbocycles. The molecule has 6 aromatic rings. The van der Waals surface area contributed by atoms with Gasteiger partial charge in [0.2, 0.25) is 0 Å². The number of nitrogens with one attached hydrogen (secondary N) is 2. The molecule has 0 spiro atoms. The lowest BCUT2D eigenvalue weighted by atomic mass is 10.0. The molecule has 6 nitrogen and oxygen atoms in total. The van der Waals surface area contributed by atoms with Gasteiger partial charge in [-0.15, -0.1) is 0 Å². The van der Waals surface area contributed by atoms with Crippen LogP contribution in [0.25, 0.3) is 55.7 Å². The maximum atomic E-state index is 13.4. The van der Waals surface area contributed by atoms with Crippen molar-refractivity contribution in [2.75, 3.05) is 0 Å². The van der Waals surface area contributed by atoms with Gasteiger partial charge in [0, 0.05) is 35.1 Å². The number of pyridine rings is 2. The molecular weight excluding hydrogens is 391 g/mol. The smallest absolute Gasteiger partial charge is 0.159 e. The molecule has 0 radical (unpaired) electrons. The van der Waals surface area contributed by atoms with Crippen LogP contribution < -0.4 is 0 Å². The summed E-state index contributed by atoms with van der Waals surface area (Å²) in [6.07, 6.45) is 7.06. The average Bonchev–Trinajstić information content (AvgIpc) is 3.43. The first-order valence-electron chi connectivity index (χ1n) is 9.75. The molecule has 0 aliphatic rings. The van der Waals surface area contributed by atoms with Crippen molar-refractivity contribution in [1.29, 1.82) is 0 Å². The number of halogens is 1. The molecule has 0 amide bonds. The van der Waals surface area contributed by atoms with E-state index in [1.807, 2.05) is 30.5 Å². The van der Waals surface area contributed by atoms with Gasteiger partial charge >= 0.3 is 0 Å². The Morgan fingerprint density at radius 1 is 0.774 bits per heavy atom. The first-order valence-corrected chi connectivity index (χ1v) is 9.75. The summed E-state index contributed by atoms with van der Waals surface area (Å²) in [5.41, 5.74) is 6.95. The number of imidazole rings is 1. The third-order valence-electron chi connectivity index (χ3n) is 5.33. The average molecular weight is 406 g/mol. The Bertz CT molecular complexity index is 1530. The number of hydrogen-bond donors (Lipinski definition) is 2. The molecule has 0 aliphatic carbocycles. The molecular formula is C24H15FN6. The van der Waals surface area contributed by atoms with Gasteiger partial charge < -0.3 is 4.98 Å². The number of H-pyrrole nitrogens is 2. The lowest BCUT2D eigenvalue weighted by Gasteiger charge is -2.01. The summed E-state index contributed by atoms with van der Waals surface area (Å²) in [5, 5.41) is 8.54. The van der Waals surface area contributed by atoms with E-state index >= 15 is 0 Å². The van der Waals surface area contributed by atoms with Crippen LogP contribution in [0.3, 0.4) is 0 Å². The van der Waals surface area contributed by atoms with Crippen molar-refractivity contribution in [1.82, 2.24) is 30.1 Å². The molecule has 2 aromatic carbocycles. The van der Waals surface area contributed by atoms with Gasteiger partial charge in [0.15, 0.2) is 5.82 Å². The lowest BCUT2D eigenvalue weighted by molar-refractivity contribution is 0.628. The van der Waals surface area contributed by atoms with Gasteiger partial charge in [-0.2, -0.15) is 5.10 Å². The van der Waals surface area contributed by atoms with Crippen LogP contribution in [0.15, 0.2) is 79.4 Å². The lowest BCUT2D eigenvalue weighted by Crippen LogP contribution is -1.84. The van der Waals surface area contributed by atoms with E-state index in [1.54, 1.807) is 30.7 Å². The molecule has 0 fully saturated rings. The molecule has 6 rings (SSSR count). The minimum Gasteiger partial charge on any atom is -0.335 e. The van der Waals surface area contributed by atoms with Crippen LogP contribution in [-0.2, 0) is 0 Å². The molecule has 0 bridgehead atoms. The van der Waals surface area contributed by atoms with Crippen molar-refractivity contribution in [3.63, 3.8) is 0 Å². The van der Waals surface area contributed by atoms with Crippen LogP contribution in [0.2, 0.25) is 0 Å². The fraction of sp³-hybridized carbons (Fsp3) is 0. The maximum Gasteiger partial charge on any atom is 0.159 e. The maximum absolute atomic E-state index is 13.4. The Morgan fingerprint density at radius 3 is 2.48 bits per heavy atom. The van der Waals surface area contributed by atoms with Crippen molar-refractivity contribution in [2.45, 2.75) is 0 Å². The Labute approximate surface area is 175 Å². The minimum absolute atomic E-state index is 0.279. The van der Waals surface area contributed by atoms with E-state index in [-0.39, 0.29) is 5.82 Å². The Hall–Kier alpha value is -4.39. The number of aromatic amines is 2.